The molecule has 0 fully saturated rings. The minimum Gasteiger partial charge on any atom is -0.496 e. The molecule has 32 heavy (non-hydrogen) atoms. The van der Waals surface area contributed by atoms with Crippen molar-refractivity contribution in [3.63, 3.8) is 0 Å². The number of nitrogens with zero attached hydrogens (tertiary/aromatic N) is 1. The quantitative estimate of drug-likeness (QED) is 0.490. The molecule has 0 saturated heterocycles. The lowest BCUT2D eigenvalue weighted by molar-refractivity contribution is 0.0961. The number of amides is 3. The molecule has 3 aromatic rings. The van der Waals surface area contributed by atoms with Crippen molar-refractivity contribution in [2.75, 3.05) is 19.5 Å². The van der Waals surface area contributed by atoms with Crippen LogP contribution in [0, 0.1) is 6.92 Å². The number of urea groups is 1. The number of aryl methyl sites for hydroxylation is 1. The Morgan fingerprint density at radius 1 is 0.969 bits per heavy atom. The number of methoxy groups -OCH3 is 2. The van der Waals surface area contributed by atoms with E-state index in [-0.39, 0.29) is 17.1 Å². The molecule has 2 aromatic carbocycles. The zero-order valence-electron chi connectivity index (χ0n) is 17.4. The number of rotatable bonds is 6. The van der Waals surface area contributed by atoms with Crippen LogP contribution < -0.4 is 24.8 Å². The number of halogens is 2. The van der Waals surface area contributed by atoms with Crippen molar-refractivity contribution in [3.8, 4) is 23.1 Å². The van der Waals surface area contributed by atoms with E-state index in [2.05, 4.69) is 15.6 Å². The van der Waals surface area contributed by atoms with Crippen LogP contribution in [-0.4, -0.2) is 31.1 Å². The molecule has 8 nitrogen and oxygen atoms in total. The number of ether oxygens (including phenoxy) is 3. The summed E-state index contributed by atoms with van der Waals surface area (Å²) in [6, 6.07) is 10.5. The molecule has 0 radical (unpaired) electrons. The van der Waals surface area contributed by atoms with Gasteiger partial charge in [0.25, 0.3) is 5.91 Å². The molecule has 1 heterocycles. The SMILES string of the molecule is COc1cccc(OC)c1C(=O)NC(=O)Nc1cnc(Oc2cc(Cl)cc(Cl)c2)c(C)c1. The van der Waals surface area contributed by atoms with E-state index in [1.165, 1.54) is 20.4 Å². The Bertz CT molecular complexity index is 1130. The normalized spacial score (nSPS) is 10.3. The van der Waals surface area contributed by atoms with Crippen LogP contribution in [0.2, 0.25) is 10.0 Å². The molecule has 0 spiro atoms. The number of nitrogens with one attached hydrogen (secondary N) is 2. The lowest BCUT2D eigenvalue weighted by atomic mass is 10.1. The van der Waals surface area contributed by atoms with Crippen molar-refractivity contribution >= 4 is 40.8 Å². The molecule has 0 unspecified atom stereocenters. The molecule has 10 heteroatoms. The van der Waals surface area contributed by atoms with Gasteiger partial charge in [-0.3, -0.25) is 10.1 Å². The first-order chi connectivity index (χ1) is 15.3. The minimum atomic E-state index is -0.751. The fourth-order valence-corrected chi connectivity index (χ4v) is 3.35. The van der Waals surface area contributed by atoms with Crippen molar-refractivity contribution < 1.29 is 23.8 Å². The second-order valence-corrected chi connectivity index (χ2v) is 7.37. The van der Waals surface area contributed by atoms with Crippen molar-refractivity contribution in [1.82, 2.24) is 10.3 Å². The van der Waals surface area contributed by atoms with E-state index in [4.69, 9.17) is 37.4 Å². The third-order valence-electron chi connectivity index (χ3n) is 4.22. The Kier molecular flexibility index (Phi) is 7.40. The van der Waals surface area contributed by atoms with Crippen LogP contribution in [0.1, 0.15) is 15.9 Å². The van der Waals surface area contributed by atoms with Crippen molar-refractivity contribution in [1.29, 1.82) is 0 Å². The maximum Gasteiger partial charge on any atom is 0.326 e. The number of carbonyl (C=O) groups excluding carboxylic acids is 2. The number of aromatic nitrogens is 1. The molecule has 0 atom stereocenters. The summed E-state index contributed by atoms with van der Waals surface area (Å²) in [6.45, 7) is 1.75. The van der Waals surface area contributed by atoms with Gasteiger partial charge in [-0.05, 0) is 43.3 Å². The van der Waals surface area contributed by atoms with Gasteiger partial charge < -0.3 is 19.5 Å². The molecule has 0 aliphatic carbocycles. The van der Waals surface area contributed by atoms with Crippen molar-refractivity contribution in [3.05, 3.63) is 69.8 Å². The van der Waals surface area contributed by atoms with Crippen LogP contribution in [0.4, 0.5) is 10.5 Å². The van der Waals surface area contributed by atoms with Gasteiger partial charge in [0.05, 0.1) is 26.1 Å². The number of benzene rings is 2. The number of anilines is 1. The average Bonchev–Trinajstić information content (AvgIpc) is 2.74. The summed E-state index contributed by atoms with van der Waals surface area (Å²) in [7, 11) is 2.84. The first kappa shape index (κ1) is 23.2. The Labute approximate surface area is 194 Å². The first-order valence-electron chi connectivity index (χ1n) is 9.24. The van der Waals surface area contributed by atoms with E-state index < -0.39 is 11.9 Å². The van der Waals surface area contributed by atoms with Gasteiger partial charge in [-0.15, -0.1) is 0 Å². The van der Waals surface area contributed by atoms with E-state index in [1.54, 1.807) is 49.4 Å². The molecule has 0 saturated carbocycles. The summed E-state index contributed by atoms with van der Waals surface area (Å²) >= 11 is 12.0. The Balaban J connectivity index is 1.69. The summed E-state index contributed by atoms with van der Waals surface area (Å²) in [5, 5.41) is 5.65. The van der Waals surface area contributed by atoms with E-state index in [0.29, 0.717) is 32.9 Å². The highest BCUT2D eigenvalue weighted by atomic mass is 35.5. The molecule has 0 aliphatic rings. The predicted octanol–water partition coefficient (Wildman–Crippen LogP) is 5.47. The minimum absolute atomic E-state index is 0.103. The van der Waals surface area contributed by atoms with Gasteiger partial charge in [0.2, 0.25) is 5.88 Å². The zero-order valence-corrected chi connectivity index (χ0v) is 18.9. The molecule has 0 aliphatic heterocycles. The number of pyridine rings is 1. The maximum atomic E-state index is 12.6. The standard InChI is InChI=1S/C22H19Cl2N3O5/c1-12-7-15(11-25-21(12)32-16-9-13(23)8-14(24)10-16)26-22(29)27-20(28)19-17(30-2)5-4-6-18(19)31-3/h4-11H,1-3H3,(H2,26,27,28,29). The van der Waals surface area contributed by atoms with E-state index in [0.717, 1.165) is 0 Å². The lowest BCUT2D eigenvalue weighted by Crippen LogP contribution is -2.34. The molecule has 2 N–H and O–H groups in total. The van der Waals surface area contributed by atoms with Crippen LogP contribution in [0.3, 0.4) is 0 Å². The summed E-state index contributed by atoms with van der Waals surface area (Å²) in [5.74, 6) is 0.598. The summed E-state index contributed by atoms with van der Waals surface area (Å²) in [5.41, 5.74) is 1.10. The largest absolute Gasteiger partial charge is 0.496 e. The molecule has 0 bridgehead atoms. The highest BCUT2D eigenvalue weighted by Gasteiger charge is 2.20. The van der Waals surface area contributed by atoms with E-state index >= 15 is 0 Å². The second-order valence-electron chi connectivity index (χ2n) is 6.50. The van der Waals surface area contributed by atoms with Gasteiger partial charge in [-0.25, -0.2) is 9.78 Å². The molecule has 3 rings (SSSR count). The van der Waals surface area contributed by atoms with E-state index in [1.807, 2.05) is 0 Å². The molecular formula is C22H19Cl2N3O5. The Morgan fingerprint density at radius 3 is 2.16 bits per heavy atom. The Morgan fingerprint density at radius 2 is 1.59 bits per heavy atom. The maximum absolute atomic E-state index is 12.6. The summed E-state index contributed by atoms with van der Waals surface area (Å²) in [6.07, 6.45) is 1.39. The topological polar surface area (TPSA) is 98.8 Å². The zero-order chi connectivity index (χ0) is 23.3. The van der Waals surface area contributed by atoms with Crippen LogP contribution in [0.5, 0.6) is 23.1 Å². The first-order valence-corrected chi connectivity index (χ1v) is 10.00. The van der Waals surface area contributed by atoms with Crippen molar-refractivity contribution in [2.45, 2.75) is 6.92 Å². The summed E-state index contributed by atoms with van der Waals surface area (Å²) < 4.78 is 16.1. The highest BCUT2D eigenvalue weighted by molar-refractivity contribution is 6.34. The molecular weight excluding hydrogens is 457 g/mol. The van der Waals surface area contributed by atoms with Crippen LogP contribution in [0.25, 0.3) is 0 Å². The second kappa shape index (κ2) is 10.2. The molecule has 166 valence electrons. The monoisotopic (exact) mass is 475 g/mol. The average molecular weight is 476 g/mol. The van der Waals surface area contributed by atoms with Crippen LogP contribution >= 0.6 is 23.2 Å². The van der Waals surface area contributed by atoms with Gasteiger partial charge in [0.1, 0.15) is 22.8 Å². The Hall–Kier alpha value is -3.49. The number of carbonyl (C=O) groups is 2. The number of imide groups is 1. The third-order valence-corrected chi connectivity index (χ3v) is 4.66. The fourth-order valence-electron chi connectivity index (χ4n) is 2.84. The van der Waals surface area contributed by atoms with Gasteiger partial charge in [-0.2, -0.15) is 0 Å². The van der Waals surface area contributed by atoms with Gasteiger partial charge in [-0.1, -0.05) is 29.3 Å². The van der Waals surface area contributed by atoms with Crippen molar-refractivity contribution in [2.24, 2.45) is 0 Å². The van der Waals surface area contributed by atoms with Gasteiger partial charge in [0.15, 0.2) is 0 Å². The molecule has 3 amide bonds. The number of hydrogen-bond donors (Lipinski definition) is 2. The summed E-state index contributed by atoms with van der Waals surface area (Å²) in [4.78, 5) is 29.1. The smallest absolute Gasteiger partial charge is 0.326 e. The van der Waals surface area contributed by atoms with Gasteiger partial charge in [0, 0.05) is 15.6 Å². The third kappa shape index (κ3) is 5.60. The number of hydrogen-bond acceptors (Lipinski definition) is 6. The molecule has 1 aromatic heterocycles. The van der Waals surface area contributed by atoms with Gasteiger partial charge >= 0.3 is 6.03 Å². The van der Waals surface area contributed by atoms with E-state index in [9.17, 15) is 9.59 Å². The predicted molar refractivity (Wildman–Crippen MR) is 122 cm³/mol. The van der Waals surface area contributed by atoms with Crippen LogP contribution in [0.15, 0.2) is 48.7 Å². The fraction of sp³-hybridized carbons (Fsp3) is 0.136. The van der Waals surface area contributed by atoms with Crippen LogP contribution in [-0.2, 0) is 0 Å². The lowest BCUT2D eigenvalue weighted by Gasteiger charge is -2.13. The highest BCUT2D eigenvalue weighted by Crippen LogP contribution is 2.30.